The van der Waals surface area contributed by atoms with Gasteiger partial charge >= 0.3 is 0 Å². The summed E-state index contributed by atoms with van der Waals surface area (Å²) in [5.41, 5.74) is 1.78. The van der Waals surface area contributed by atoms with E-state index in [2.05, 4.69) is 15.9 Å². The van der Waals surface area contributed by atoms with Gasteiger partial charge in [-0.1, -0.05) is 6.42 Å². The zero-order valence-electron chi connectivity index (χ0n) is 17.8. The van der Waals surface area contributed by atoms with E-state index < -0.39 is 6.80 Å². The van der Waals surface area contributed by atoms with E-state index in [4.69, 9.17) is 0 Å². The Labute approximate surface area is 185 Å². The number of nitrogens with zero attached hydrogens (tertiary/aromatic N) is 4. The second-order valence-electron chi connectivity index (χ2n) is 8.87. The Morgan fingerprint density at radius 1 is 1.13 bits per heavy atom. The van der Waals surface area contributed by atoms with Gasteiger partial charge in [0.15, 0.2) is 6.80 Å². The van der Waals surface area contributed by atoms with Gasteiger partial charge in [-0.05, 0) is 37.0 Å². The molecular formula is C23H29FN4O2S. The zero-order chi connectivity index (χ0) is 21.4. The van der Waals surface area contributed by atoms with Crippen molar-refractivity contribution in [2.24, 2.45) is 0 Å². The summed E-state index contributed by atoms with van der Waals surface area (Å²) in [6, 6.07) is 6.07. The molecular weight excluding hydrogens is 415 g/mol. The SMILES string of the molecule is O=C(CN1CCc2sc(-c3ccc(=O)n(CF)c3)cc2C1)N1CCN(C2CCC2)CC1. The topological polar surface area (TPSA) is 48.8 Å². The molecule has 166 valence electrons. The van der Waals surface area contributed by atoms with Crippen molar-refractivity contribution < 1.29 is 9.18 Å². The molecule has 2 aromatic rings. The third-order valence-electron chi connectivity index (χ3n) is 6.96. The number of hydrogen-bond donors (Lipinski definition) is 0. The van der Waals surface area contributed by atoms with Crippen LogP contribution in [0.5, 0.6) is 0 Å². The zero-order valence-corrected chi connectivity index (χ0v) is 18.6. The number of rotatable bonds is 5. The van der Waals surface area contributed by atoms with E-state index in [1.807, 2.05) is 4.90 Å². The molecule has 2 aromatic heterocycles. The van der Waals surface area contributed by atoms with Crippen molar-refractivity contribution in [1.29, 1.82) is 0 Å². The number of fused-ring (bicyclic) bond motifs is 1. The number of piperazine rings is 1. The summed E-state index contributed by atoms with van der Waals surface area (Å²) in [6.45, 7) is 5.02. The summed E-state index contributed by atoms with van der Waals surface area (Å²) in [6.07, 6.45) is 6.50. The van der Waals surface area contributed by atoms with Gasteiger partial charge < -0.3 is 4.90 Å². The highest BCUT2D eigenvalue weighted by Gasteiger charge is 2.30. The smallest absolute Gasteiger partial charge is 0.252 e. The van der Waals surface area contributed by atoms with Gasteiger partial charge in [-0.15, -0.1) is 11.3 Å². The van der Waals surface area contributed by atoms with E-state index in [-0.39, 0.29) is 11.5 Å². The molecule has 1 saturated heterocycles. The Bertz CT molecular complexity index is 1010. The lowest BCUT2D eigenvalue weighted by Crippen LogP contribution is -2.55. The molecule has 1 aliphatic carbocycles. The molecule has 8 heteroatoms. The van der Waals surface area contributed by atoms with Crippen LogP contribution in [-0.4, -0.2) is 70.5 Å². The highest BCUT2D eigenvalue weighted by atomic mass is 32.1. The van der Waals surface area contributed by atoms with Crippen LogP contribution in [0.2, 0.25) is 0 Å². The van der Waals surface area contributed by atoms with Crippen molar-refractivity contribution in [1.82, 2.24) is 19.3 Å². The fraction of sp³-hybridized carbons (Fsp3) is 0.565. The van der Waals surface area contributed by atoms with Crippen molar-refractivity contribution in [3.05, 3.63) is 45.2 Å². The number of thiophene rings is 1. The number of amides is 1. The number of carbonyl (C=O) groups excluding carboxylic acids is 1. The highest BCUT2D eigenvalue weighted by molar-refractivity contribution is 7.15. The summed E-state index contributed by atoms with van der Waals surface area (Å²) in [5, 5.41) is 0. The number of carbonyl (C=O) groups is 1. The second-order valence-corrected chi connectivity index (χ2v) is 10.0. The average molecular weight is 445 g/mol. The lowest BCUT2D eigenvalue weighted by molar-refractivity contribution is -0.135. The maximum absolute atomic E-state index is 13.0. The highest BCUT2D eigenvalue weighted by Crippen LogP contribution is 2.34. The Balaban J connectivity index is 1.19. The first-order valence-electron chi connectivity index (χ1n) is 11.2. The largest absolute Gasteiger partial charge is 0.339 e. The number of pyridine rings is 1. The van der Waals surface area contributed by atoms with E-state index >= 15 is 0 Å². The maximum atomic E-state index is 13.0. The summed E-state index contributed by atoms with van der Waals surface area (Å²) >= 11 is 1.71. The predicted octanol–water partition coefficient (Wildman–Crippen LogP) is 2.56. The van der Waals surface area contributed by atoms with Crippen molar-refractivity contribution in [2.75, 3.05) is 39.3 Å². The first-order valence-corrected chi connectivity index (χ1v) is 12.0. The van der Waals surface area contributed by atoms with Gasteiger partial charge in [0.25, 0.3) is 5.56 Å². The van der Waals surface area contributed by atoms with Crippen LogP contribution in [0.25, 0.3) is 10.4 Å². The molecule has 0 bridgehead atoms. The molecule has 5 rings (SSSR count). The van der Waals surface area contributed by atoms with Crippen molar-refractivity contribution in [3.63, 3.8) is 0 Å². The van der Waals surface area contributed by atoms with Crippen LogP contribution in [-0.2, 0) is 24.6 Å². The van der Waals surface area contributed by atoms with Crippen LogP contribution in [0.15, 0.2) is 29.2 Å². The Morgan fingerprint density at radius 2 is 1.94 bits per heavy atom. The number of halogens is 1. The molecule has 0 unspecified atom stereocenters. The molecule has 4 heterocycles. The van der Waals surface area contributed by atoms with Crippen LogP contribution in [0.1, 0.15) is 29.7 Å². The van der Waals surface area contributed by atoms with Gasteiger partial charge in [-0.2, -0.15) is 0 Å². The van der Waals surface area contributed by atoms with E-state index in [1.54, 1.807) is 23.6 Å². The van der Waals surface area contributed by atoms with Gasteiger partial charge in [0.2, 0.25) is 5.91 Å². The number of alkyl halides is 1. The molecule has 2 aliphatic heterocycles. The fourth-order valence-electron chi connectivity index (χ4n) is 4.82. The quantitative estimate of drug-likeness (QED) is 0.711. The maximum Gasteiger partial charge on any atom is 0.252 e. The van der Waals surface area contributed by atoms with E-state index in [1.165, 1.54) is 35.8 Å². The number of aromatic nitrogens is 1. The second kappa shape index (κ2) is 8.84. The summed E-state index contributed by atoms with van der Waals surface area (Å²) < 4.78 is 14.1. The Kier molecular flexibility index (Phi) is 5.95. The van der Waals surface area contributed by atoms with Gasteiger partial charge in [-0.25, -0.2) is 4.39 Å². The number of hydrogen-bond acceptors (Lipinski definition) is 5. The molecule has 1 amide bonds. The van der Waals surface area contributed by atoms with E-state index in [0.717, 1.165) is 66.7 Å². The van der Waals surface area contributed by atoms with Crippen LogP contribution >= 0.6 is 11.3 Å². The van der Waals surface area contributed by atoms with Gasteiger partial charge in [0.05, 0.1) is 6.54 Å². The van der Waals surface area contributed by atoms with E-state index in [0.29, 0.717) is 6.54 Å². The van der Waals surface area contributed by atoms with Gasteiger partial charge in [0, 0.05) is 72.9 Å². The van der Waals surface area contributed by atoms with E-state index in [9.17, 15) is 14.0 Å². The Morgan fingerprint density at radius 3 is 2.65 bits per heavy atom. The third kappa shape index (κ3) is 4.33. The van der Waals surface area contributed by atoms with Crippen molar-refractivity contribution in [2.45, 2.75) is 45.1 Å². The van der Waals surface area contributed by atoms with Crippen LogP contribution in [0.4, 0.5) is 4.39 Å². The molecule has 3 aliphatic rings. The summed E-state index contributed by atoms with van der Waals surface area (Å²) in [4.78, 5) is 33.7. The van der Waals surface area contributed by atoms with Crippen molar-refractivity contribution >= 4 is 17.2 Å². The normalized spacial score (nSPS) is 20.5. The minimum absolute atomic E-state index is 0.238. The molecule has 1 saturated carbocycles. The first kappa shape index (κ1) is 20.8. The lowest BCUT2D eigenvalue weighted by atomic mass is 9.91. The minimum Gasteiger partial charge on any atom is -0.339 e. The lowest BCUT2D eigenvalue weighted by Gasteiger charge is -2.43. The molecule has 2 fully saturated rings. The molecule has 31 heavy (non-hydrogen) atoms. The Hall–Kier alpha value is -2.03. The average Bonchev–Trinajstić information content (AvgIpc) is 3.17. The monoisotopic (exact) mass is 444 g/mol. The van der Waals surface area contributed by atoms with Crippen LogP contribution < -0.4 is 5.56 Å². The molecule has 6 nitrogen and oxygen atoms in total. The molecule has 0 atom stereocenters. The van der Waals surface area contributed by atoms with Crippen molar-refractivity contribution in [3.8, 4) is 10.4 Å². The molecule has 0 radical (unpaired) electrons. The summed E-state index contributed by atoms with van der Waals surface area (Å²) in [7, 11) is 0. The summed E-state index contributed by atoms with van der Waals surface area (Å²) in [5.74, 6) is 0.238. The van der Waals surface area contributed by atoms with Gasteiger partial charge in [0.1, 0.15) is 0 Å². The standard InChI is InChI=1S/C23H29FN4O2S/c24-16-28-14-17(4-5-22(28)29)21-12-18-13-25(7-6-20(18)31-21)15-23(30)27-10-8-26(9-11-27)19-2-1-3-19/h4-5,12,14,19H,1-3,6-11,13,15-16H2. The predicted molar refractivity (Wildman–Crippen MR) is 120 cm³/mol. The minimum atomic E-state index is -0.817. The molecule has 0 aromatic carbocycles. The molecule has 0 spiro atoms. The van der Waals surface area contributed by atoms with Crippen LogP contribution in [0.3, 0.4) is 0 Å². The first-order chi connectivity index (χ1) is 15.1. The van der Waals surface area contributed by atoms with Gasteiger partial charge in [-0.3, -0.25) is 24.0 Å². The molecule has 0 N–H and O–H groups in total. The fourth-order valence-corrected chi connectivity index (χ4v) is 5.97. The van der Waals surface area contributed by atoms with Crippen LogP contribution in [0, 0.1) is 0 Å². The third-order valence-corrected chi connectivity index (χ3v) is 8.25.